The molecule has 0 bridgehead atoms. The topological polar surface area (TPSA) is 59.2 Å². The maximum absolute atomic E-state index is 8.68. The van der Waals surface area contributed by atoms with Crippen LogP contribution in [0.4, 0.5) is 0 Å². The minimum atomic E-state index is -0.157. The average molecular weight is 198 g/mol. The summed E-state index contributed by atoms with van der Waals surface area (Å²) in [4.78, 5) is 4.06. The summed E-state index contributed by atoms with van der Waals surface area (Å²) >= 11 is 0. The Morgan fingerprint density at radius 2 is 2.07 bits per heavy atom. The van der Waals surface area contributed by atoms with Gasteiger partial charge in [-0.15, -0.1) is 0 Å². The second-order valence-electron chi connectivity index (χ2n) is 3.48. The maximum atomic E-state index is 8.68. The Morgan fingerprint density at radius 1 is 1.43 bits per heavy atom. The van der Waals surface area contributed by atoms with E-state index >= 15 is 0 Å². The van der Waals surface area contributed by atoms with Crippen molar-refractivity contribution in [3.05, 3.63) is 11.7 Å². The quantitative estimate of drug-likeness (QED) is 0.790. The third-order valence-electron chi connectivity index (χ3n) is 2.36. The number of rotatable bonds is 2. The lowest BCUT2D eigenvalue weighted by molar-refractivity contribution is 0.220. The van der Waals surface area contributed by atoms with Crippen LogP contribution in [-0.4, -0.2) is 15.2 Å². The zero-order valence-corrected chi connectivity index (χ0v) is 9.03. The van der Waals surface area contributed by atoms with E-state index < -0.39 is 0 Å². The van der Waals surface area contributed by atoms with E-state index in [2.05, 4.69) is 17.1 Å². The van der Waals surface area contributed by atoms with Gasteiger partial charge in [0.2, 0.25) is 0 Å². The van der Waals surface area contributed by atoms with E-state index in [9.17, 15) is 0 Å². The zero-order valence-electron chi connectivity index (χ0n) is 9.03. The zero-order chi connectivity index (χ0) is 10.6. The summed E-state index contributed by atoms with van der Waals surface area (Å²) in [7, 11) is 0. The molecular weight excluding hydrogens is 180 g/mol. The van der Waals surface area contributed by atoms with Crippen molar-refractivity contribution in [1.82, 2.24) is 10.1 Å². The number of nitrogens with zero attached hydrogens (tertiary/aromatic N) is 2. The molecule has 0 aromatic carbocycles. The van der Waals surface area contributed by atoms with E-state index in [4.69, 9.17) is 9.63 Å². The van der Waals surface area contributed by atoms with Gasteiger partial charge in [0.25, 0.3) is 5.89 Å². The summed E-state index contributed by atoms with van der Waals surface area (Å²) in [5.41, 5.74) is 0. The van der Waals surface area contributed by atoms with Crippen molar-refractivity contribution < 1.29 is 9.63 Å². The minimum absolute atomic E-state index is 0.157. The van der Waals surface area contributed by atoms with Crippen LogP contribution in [0.2, 0.25) is 0 Å². The molecule has 1 fully saturated rings. The number of hydrogen-bond acceptors (Lipinski definition) is 4. The summed E-state index contributed by atoms with van der Waals surface area (Å²) < 4.78 is 4.79. The molecule has 4 nitrogen and oxygen atoms in total. The number of aliphatic hydroxyl groups excluding tert-OH is 1. The number of hydrogen-bond donors (Lipinski definition) is 1. The predicted molar refractivity (Wildman–Crippen MR) is 52.7 cm³/mol. The van der Waals surface area contributed by atoms with Gasteiger partial charge in [0.1, 0.15) is 6.61 Å². The van der Waals surface area contributed by atoms with E-state index in [1.54, 1.807) is 0 Å². The minimum Gasteiger partial charge on any atom is -0.387 e. The fraction of sp³-hybridized carbons (Fsp3) is 0.800. The lowest BCUT2D eigenvalue weighted by atomic mass is 9.76. The maximum Gasteiger partial charge on any atom is 0.252 e. The molecule has 1 aliphatic rings. The van der Waals surface area contributed by atoms with Crippen molar-refractivity contribution in [2.24, 2.45) is 5.92 Å². The van der Waals surface area contributed by atoms with Gasteiger partial charge in [0.15, 0.2) is 5.82 Å². The Kier molecular flexibility index (Phi) is 4.07. The molecule has 0 spiro atoms. The molecule has 1 heterocycles. The summed E-state index contributed by atoms with van der Waals surface area (Å²) in [6, 6.07) is 0. The lowest BCUT2D eigenvalue weighted by Crippen LogP contribution is -2.19. The van der Waals surface area contributed by atoms with E-state index in [1.807, 2.05) is 13.8 Å². The van der Waals surface area contributed by atoms with E-state index in [-0.39, 0.29) is 6.61 Å². The largest absolute Gasteiger partial charge is 0.387 e. The highest BCUT2D eigenvalue weighted by Crippen LogP contribution is 2.39. The van der Waals surface area contributed by atoms with E-state index in [0.717, 1.165) is 24.6 Å². The fourth-order valence-corrected chi connectivity index (χ4v) is 1.61. The normalized spacial score (nSPS) is 24.9. The van der Waals surface area contributed by atoms with Crippen molar-refractivity contribution in [2.45, 2.75) is 46.1 Å². The molecule has 0 aliphatic heterocycles. The molecular formula is C10H18N2O2. The summed E-state index contributed by atoms with van der Waals surface area (Å²) in [6.07, 6.45) is 2.29. The molecule has 0 atom stereocenters. The van der Waals surface area contributed by atoms with Gasteiger partial charge in [-0.3, -0.25) is 0 Å². The van der Waals surface area contributed by atoms with Gasteiger partial charge >= 0.3 is 0 Å². The molecule has 0 radical (unpaired) electrons. The van der Waals surface area contributed by atoms with Gasteiger partial charge in [0.05, 0.1) is 0 Å². The summed E-state index contributed by atoms with van der Waals surface area (Å²) in [5, 5.41) is 12.5. The van der Waals surface area contributed by atoms with Gasteiger partial charge in [-0.25, -0.2) is 0 Å². The Hall–Kier alpha value is -0.900. The van der Waals surface area contributed by atoms with Gasteiger partial charge in [-0.05, 0) is 18.8 Å². The summed E-state index contributed by atoms with van der Waals surface area (Å²) in [5.74, 6) is 2.33. The van der Waals surface area contributed by atoms with E-state index in [0.29, 0.717) is 11.8 Å². The smallest absolute Gasteiger partial charge is 0.252 e. The third kappa shape index (κ3) is 2.32. The molecule has 1 N–H and O–H groups in total. The SMILES string of the molecule is CC.CC1CC(c2noc(CO)n2)C1. The van der Waals surface area contributed by atoms with Crippen LogP contribution in [0.5, 0.6) is 0 Å². The molecule has 0 unspecified atom stereocenters. The van der Waals surface area contributed by atoms with Gasteiger partial charge < -0.3 is 9.63 Å². The molecule has 1 aliphatic carbocycles. The highest BCUT2D eigenvalue weighted by atomic mass is 16.5. The van der Waals surface area contributed by atoms with Gasteiger partial charge in [-0.1, -0.05) is 25.9 Å². The van der Waals surface area contributed by atoms with Crippen LogP contribution in [0.3, 0.4) is 0 Å². The standard InChI is InChI=1S/C8H12N2O2.C2H6/c1-5-2-6(3-5)8-9-7(4-11)12-10-8;1-2/h5-6,11H,2-4H2,1H3;1-2H3. The average Bonchev–Trinajstić information content (AvgIpc) is 2.64. The molecule has 1 aromatic rings. The second-order valence-corrected chi connectivity index (χ2v) is 3.48. The first-order valence-corrected chi connectivity index (χ1v) is 5.23. The molecule has 80 valence electrons. The van der Waals surface area contributed by atoms with Crippen molar-refractivity contribution >= 4 is 0 Å². The Morgan fingerprint density at radius 3 is 2.50 bits per heavy atom. The van der Waals surface area contributed by atoms with Crippen molar-refractivity contribution in [2.75, 3.05) is 0 Å². The van der Waals surface area contributed by atoms with Gasteiger partial charge in [-0.2, -0.15) is 4.98 Å². The fourth-order valence-electron chi connectivity index (χ4n) is 1.61. The Bertz CT molecular complexity index is 267. The van der Waals surface area contributed by atoms with Gasteiger partial charge in [0, 0.05) is 5.92 Å². The van der Waals surface area contributed by atoms with E-state index in [1.165, 1.54) is 0 Å². The Labute approximate surface area is 84.3 Å². The third-order valence-corrected chi connectivity index (χ3v) is 2.36. The first-order valence-electron chi connectivity index (χ1n) is 5.23. The second kappa shape index (κ2) is 5.10. The Balaban J connectivity index is 0.000000461. The molecule has 0 saturated heterocycles. The molecule has 1 saturated carbocycles. The molecule has 1 aromatic heterocycles. The molecule has 4 heteroatoms. The molecule has 0 amide bonds. The highest BCUT2D eigenvalue weighted by Gasteiger charge is 2.30. The van der Waals surface area contributed by atoms with Crippen LogP contribution >= 0.6 is 0 Å². The first kappa shape index (κ1) is 11.2. The van der Waals surface area contributed by atoms with Crippen molar-refractivity contribution in [1.29, 1.82) is 0 Å². The van der Waals surface area contributed by atoms with Crippen LogP contribution in [0.1, 0.15) is 51.2 Å². The molecule has 2 rings (SSSR count). The van der Waals surface area contributed by atoms with Crippen LogP contribution < -0.4 is 0 Å². The monoisotopic (exact) mass is 198 g/mol. The number of aliphatic hydroxyl groups is 1. The van der Waals surface area contributed by atoms with Crippen LogP contribution in [0.15, 0.2) is 4.52 Å². The highest BCUT2D eigenvalue weighted by molar-refractivity contribution is 5.01. The molecule has 14 heavy (non-hydrogen) atoms. The van der Waals surface area contributed by atoms with Crippen LogP contribution in [0, 0.1) is 5.92 Å². The lowest BCUT2D eigenvalue weighted by Gasteiger charge is -2.29. The van der Waals surface area contributed by atoms with Crippen molar-refractivity contribution in [3.8, 4) is 0 Å². The summed E-state index contributed by atoms with van der Waals surface area (Å²) in [6.45, 7) is 6.05. The predicted octanol–water partition coefficient (Wildman–Crippen LogP) is 2.10. The van der Waals surface area contributed by atoms with Crippen LogP contribution in [-0.2, 0) is 6.61 Å². The van der Waals surface area contributed by atoms with Crippen molar-refractivity contribution in [3.63, 3.8) is 0 Å². The first-order chi connectivity index (χ1) is 6.79. The number of aromatic nitrogens is 2. The van der Waals surface area contributed by atoms with Crippen LogP contribution in [0.25, 0.3) is 0 Å².